The minimum absolute atomic E-state index is 0.479. The number of hydrogen-bond acceptors (Lipinski definition) is 3. The SMILES string of the molecule is Cc1cc(OCc2ccccc2)nc(C)c1C=O. The number of rotatable bonds is 4. The largest absolute Gasteiger partial charge is 0.473 e. The normalized spacial score (nSPS) is 10.1. The first-order valence-electron chi connectivity index (χ1n) is 5.81. The number of ether oxygens (including phenoxy) is 1. The third-order valence-electron chi connectivity index (χ3n) is 2.78. The molecule has 0 bridgehead atoms. The van der Waals surface area contributed by atoms with Crippen LogP contribution in [-0.2, 0) is 6.61 Å². The van der Waals surface area contributed by atoms with E-state index in [1.54, 1.807) is 6.07 Å². The molecule has 0 saturated heterocycles. The van der Waals surface area contributed by atoms with Gasteiger partial charge >= 0.3 is 0 Å². The van der Waals surface area contributed by atoms with Gasteiger partial charge in [-0.2, -0.15) is 0 Å². The van der Waals surface area contributed by atoms with Gasteiger partial charge in [-0.15, -0.1) is 0 Å². The molecule has 0 aliphatic carbocycles. The fourth-order valence-electron chi connectivity index (χ4n) is 1.79. The Labute approximate surface area is 106 Å². The van der Waals surface area contributed by atoms with E-state index in [0.717, 1.165) is 17.4 Å². The van der Waals surface area contributed by atoms with Gasteiger partial charge in [-0.3, -0.25) is 4.79 Å². The van der Waals surface area contributed by atoms with E-state index in [-0.39, 0.29) is 0 Å². The van der Waals surface area contributed by atoms with Crippen molar-refractivity contribution in [3.63, 3.8) is 0 Å². The van der Waals surface area contributed by atoms with Gasteiger partial charge in [0.2, 0.25) is 5.88 Å². The molecule has 3 heteroatoms. The molecule has 1 aromatic heterocycles. The van der Waals surface area contributed by atoms with E-state index < -0.39 is 0 Å². The summed E-state index contributed by atoms with van der Waals surface area (Å²) in [5.74, 6) is 0.555. The zero-order valence-electron chi connectivity index (χ0n) is 10.5. The van der Waals surface area contributed by atoms with E-state index in [0.29, 0.717) is 23.7 Å². The van der Waals surface area contributed by atoms with Gasteiger partial charge in [-0.1, -0.05) is 30.3 Å². The summed E-state index contributed by atoms with van der Waals surface area (Å²) < 4.78 is 5.63. The third-order valence-corrected chi connectivity index (χ3v) is 2.78. The summed E-state index contributed by atoms with van der Waals surface area (Å²) in [5, 5.41) is 0. The zero-order valence-corrected chi connectivity index (χ0v) is 10.5. The Morgan fingerprint density at radius 3 is 2.56 bits per heavy atom. The lowest BCUT2D eigenvalue weighted by Crippen LogP contribution is -2.01. The molecule has 0 amide bonds. The van der Waals surface area contributed by atoms with Gasteiger partial charge in [0.15, 0.2) is 6.29 Å². The number of nitrogens with zero attached hydrogens (tertiary/aromatic N) is 1. The molecule has 18 heavy (non-hydrogen) atoms. The van der Waals surface area contributed by atoms with E-state index in [1.165, 1.54) is 0 Å². The molecule has 0 N–H and O–H groups in total. The molecule has 0 atom stereocenters. The highest BCUT2D eigenvalue weighted by Crippen LogP contribution is 2.17. The predicted molar refractivity (Wildman–Crippen MR) is 69.9 cm³/mol. The molecule has 0 unspecified atom stereocenters. The number of benzene rings is 1. The Hall–Kier alpha value is -2.16. The van der Waals surface area contributed by atoms with Crippen molar-refractivity contribution in [3.05, 3.63) is 58.8 Å². The maximum absolute atomic E-state index is 10.9. The van der Waals surface area contributed by atoms with Crippen LogP contribution in [0.5, 0.6) is 5.88 Å². The van der Waals surface area contributed by atoms with Crippen LogP contribution < -0.4 is 4.74 Å². The second kappa shape index (κ2) is 5.45. The molecule has 92 valence electrons. The Bertz CT molecular complexity index is 527. The molecule has 0 aliphatic rings. The van der Waals surface area contributed by atoms with Crippen LogP contribution in [0.25, 0.3) is 0 Å². The lowest BCUT2D eigenvalue weighted by Gasteiger charge is -2.09. The zero-order chi connectivity index (χ0) is 13.0. The quantitative estimate of drug-likeness (QED) is 0.772. The average Bonchev–Trinajstić information content (AvgIpc) is 2.37. The van der Waals surface area contributed by atoms with Crippen LogP contribution in [0.1, 0.15) is 27.2 Å². The smallest absolute Gasteiger partial charge is 0.214 e. The Morgan fingerprint density at radius 1 is 1.22 bits per heavy atom. The van der Waals surface area contributed by atoms with Gasteiger partial charge in [0.05, 0.1) is 5.69 Å². The molecule has 0 fully saturated rings. The minimum atomic E-state index is 0.479. The van der Waals surface area contributed by atoms with Crippen LogP contribution in [0.2, 0.25) is 0 Å². The fraction of sp³-hybridized carbons (Fsp3) is 0.200. The van der Waals surface area contributed by atoms with Crippen molar-refractivity contribution in [1.29, 1.82) is 0 Å². The maximum Gasteiger partial charge on any atom is 0.214 e. The van der Waals surface area contributed by atoms with Gasteiger partial charge in [-0.25, -0.2) is 4.98 Å². The van der Waals surface area contributed by atoms with Crippen molar-refractivity contribution in [1.82, 2.24) is 4.98 Å². The molecule has 2 aromatic rings. The van der Waals surface area contributed by atoms with Crippen molar-refractivity contribution in [2.24, 2.45) is 0 Å². The van der Waals surface area contributed by atoms with Crippen LogP contribution in [0.4, 0.5) is 0 Å². The standard InChI is InChI=1S/C15H15NO2/c1-11-8-15(16-12(2)14(11)9-17)18-10-13-6-4-3-5-7-13/h3-9H,10H2,1-2H3. The highest BCUT2D eigenvalue weighted by atomic mass is 16.5. The second-order valence-electron chi connectivity index (χ2n) is 4.17. The van der Waals surface area contributed by atoms with Crippen LogP contribution in [-0.4, -0.2) is 11.3 Å². The van der Waals surface area contributed by atoms with Crippen molar-refractivity contribution >= 4 is 6.29 Å². The van der Waals surface area contributed by atoms with Crippen LogP contribution in [0.3, 0.4) is 0 Å². The Kier molecular flexibility index (Phi) is 3.72. The molecular weight excluding hydrogens is 226 g/mol. The summed E-state index contributed by atoms with van der Waals surface area (Å²) in [4.78, 5) is 15.1. The molecule has 0 radical (unpaired) electrons. The fourth-order valence-corrected chi connectivity index (χ4v) is 1.79. The second-order valence-corrected chi connectivity index (χ2v) is 4.17. The maximum atomic E-state index is 10.9. The monoisotopic (exact) mass is 241 g/mol. The molecule has 0 saturated carbocycles. The summed E-state index contributed by atoms with van der Waals surface area (Å²) >= 11 is 0. The molecule has 0 spiro atoms. The number of aromatic nitrogens is 1. The van der Waals surface area contributed by atoms with E-state index in [2.05, 4.69) is 4.98 Å². The van der Waals surface area contributed by atoms with Crippen molar-refractivity contribution in [2.75, 3.05) is 0 Å². The van der Waals surface area contributed by atoms with Crippen LogP contribution >= 0.6 is 0 Å². The summed E-state index contributed by atoms with van der Waals surface area (Å²) in [6.07, 6.45) is 0.832. The number of hydrogen-bond donors (Lipinski definition) is 0. The van der Waals surface area contributed by atoms with Gasteiger partial charge < -0.3 is 4.74 Å². The summed E-state index contributed by atoms with van der Waals surface area (Å²) in [5.41, 5.74) is 3.32. The number of carbonyl (C=O) groups excluding carboxylic acids is 1. The van der Waals surface area contributed by atoms with E-state index in [1.807, 2.05) is 44.2 Å². The Morgan fingerprint density at radius 2 is 1.94 bits per heavy atom. The number of pyridine rings is 1. The average molecular weight is 241 g/mol. The van der Waals surface area contributed by atoms with Gasteiger partial charge in [0.1, 0.15) is 6.61 Å². The van der Waals surface area contributed by atoms with E-state index in [4.69, 9.17) is 4.74 Å². The van der Waals surface area contributed by atoms with Crippen molar-refractivity contribution in [3.8, 4) is 5.88 Å². The molecule has 1 heterocycles. The first-order valence-corrected chi connectivity index (χ1v) is 5.81. The van der Waals surface area contributed by atoms with Gasteiger partial charge in [0, 0.05) is 11.6 Å². The topological polar surface area (TPSA) is 39.2 Å². The van der Waals surface area contributed by atoms with Crippen molar-refractivity contribution in [2.45, 2.75) is 20.5 Å². The van der Waals surface area contributed by atoms with Gasteiger partial charge in [-0.05, 0) is 25.0 Å². The summed E-state index contributed by atoms with van der Waals surface area (Å²) in [6, 6.07) is 11.7. The molecule has 1 aromatic carbocycles. The molecule has 2 rings (SSSR count). The van der Waals surface area contributed by atoms with Crippen LogP contribution in [0, 0.1) is 13.8 Å². The number of aryl methyl sites for hydroxylation is 2. The summed E-state index contributed by atoms with van der Waals surface area (Å²) in [7, 11) is 0. The highest BCUT2D eigenvalue weighted by Gasteiger charge is 2.06. The number of carbonyl (C=O) groups is 1. The lowest BCUT2D eigenvalue weighted by atomic mass is 10.1. The molecule has 0 aliphatic heterocycles. The number of aldehydes is 1. The minimum Gasteiger partial charge on any atom is -0.473 e. The van der Waals surface area contributed by atoms with Crippen molar-refractivity contribution < 1.29 is 9.53 Å². The molecule has 3 nitrogen and oxygen atoms in total. The lowest BCUT2D eigenvalue weighted by molar-refractivity contribution is 0.112. The highest BCUT2D eigenvalue weighted by molar-refractivity contribution is 5.78. The van der Waals surface area contributed by atoms with Crippen LogP contribution in [0.15, 0.2) is 36.4 Å². The van der Waals surface area contributed by atoms with E-state index >= 15 is 0 Å². The third kappa shape index (κ3) is 2.74. The first-order chi connectivity index (χ1) is 8.70. The first kappa shape index (κ1) is 12.3. The van der Waals surface area contributed by atoms with E-state index in [9.17, 15) is 4.79 Å². The Balaban J connectivity index is 2.13. The summed E-state index contributed by atoms with van der Waals surface area (Å²) in [6.45, 7) is 4.17. The predicted octanol–water partition coefficient (Wildman–Crippen LogP) is 3.09. The molecular formula is C15H15NO2. The van der Waals surface area contributed by atoms with Gasteiger partial charge in [0.25, 0.3) is 0 Å².